The lowest BCUT2D eigenvalue weighted by Gasteiger charge is -2.47. The van der Waals surface area contributed by atoms with Gasteiger partial charge in [-0.2, -0.15) is 5.01 Å². The third-order valence-electron chi connectivity index (χ3n) is 3.76. The molecule has 2 rings (SSSR count). The average Bonchev–Trinajstić information content (AvgIpc) is 2.71. The molecule has 3 amide bonds. The van der Waals surface area contributed by atoms with E-state index in [9.17, 15) is 14.4 Å². The maximum Gasteiger partial charge on any atom is 0.432 e. The van der Waals surface area contributed by atoms with Crippen molar-refractivity contribution < 1.29 is 24.0 Å². The largest absolute Gasteiger partial charge is 0.442 e. The van der Waals surface area contributed by atoms with Crippen LogP contribution in [0.3, 0.4) is 0 Å². The Hall–Kier alpha value is -1.83. The van der Waals surface area contributed by atoms with E-state index >= 15 is 0 Å². The molecular weight excluding hydrogens is 290 g/mol. The van der Waals surface area contributed by atoms with E-state index in [0.29, 0.717) is 19.4 Å². The summed E-state index contributed by atoms with van der Waals surface area (Å²) in [4.78, 5) is 42.8. The summed E-state index contributed by atoms with van der Waals surface area (Å²) in [5.74, 6) is -0.577. The second-order valence-electron chi connectivity index (χ2n) is 6.62. The van der Waals surface area contributed by atoms with Crippen molar-refractivity contribution in [1.29, 1.82) is 0 Å². The fourth-order valence-corrected chi connectivity index (χ4v) is 2.68. The van der Waals surface area contributed by atoms with E-state index in [2.05, 4.69) is 0 Å². The number of rotatable bonds is 3. The van der Waals surface area contributed by atoms with Crippen LogP contribution in [0.15, 0.2) is 0 Å². The average molecular weight is 313 g/mol. The summed E-state index contributed by atoms with van der Waals surface area (Å²) >= 11 is 0. The van der Waals surface area contributed by atoms with Crippen molar-refractivity contribution in [3.8, 4) is 0 Å². The Morgan fingerprint density at radius 2 is 1.91 bits per heavy atom. The maximum absolute atomic E-state index is 12.2. The highest BCUT2D eigenvalue weighted by Gasteiger charge is 2.53. The molecule has 0 bridgehead atoms. The first-order valence-electron chi connectivity index (χ1n) is 7.31. The fourth-order valence-electron chi connectivity index (χ4n) is 2.68. The van der Waals surface area contributed by atoms with Crippen LogP contribution in [0, 0.1) is 5.92 Å². The molecule has 8 nitrogen and oxygen atoms in total. The Kier molecular flexibility index (Phi) is 4.32. The van der Waals surface area contributed by atoms with Crippen LogP contribution in [0.5, 0.6) is 0 Å². The summed E-state index contributed by atoms with van der Waals surface area (Å²) in [6.07, 6.45) is 0.327. The van der Waals surface area contributed by atoms with Crippen LogP contribution in [0.25, 0.3) is 0 Å². The van der Waals surface area contributed by atoms with Crippen molar-refractivity contribution in [3.63, 3.8) is 0 Å². The highest BCUT2D eigenvalue weighted by atomic mass is 16.7. The fraction of sp³-hybridized carbons (Fsp3) is 0.786. The van der Waals surface area contributed by atoms with Gasteiger partial charge < -0.3 is 9.64 Å². The minimum absolute atomic E-state index is 0.00723. The first-order valence-corrected chi connectivity index (χ1v) is 7.31. The van der Waals surface area contributed by atoms with Crippen molar-refractivity contribution >= 4 is 17.9 Å². The Bertz CT molecular complexity index is 487. The molecule has 2 fully saturated rings. The Labute approximate surface area is 129 Å². The highest BCUT2D eigenvalue weighted by molar-refractivity contribution is 5.93. The van der Waals surface area contributed by atoms with Gasteiger partial charge in [-0.1, -0.05) is 0 Å². The first-order chi connectivity index (χ1) is 10.2. The van der Waals surface area contributed by atoms with Crippen LogP contribution < -0.4 is 0 Å². The Morgan fingerprint density at radius 3 is 2.36 bits per heavy atom. The van der Waals surface area contributed by atoms with Gasteiger partial charge in [-0.15, -0.1) is 5.17 Å². The van der Waals surface area contributed by atoms with E-state index in [0.717, 1.165) is 10.2 Å². The normalized spacial score (nSPS) is 25.6. The van der Waals surface area contributed by atoms with Crippen LogP contribution in [-0.2, 0) is 19.2 Å². The van der Waals surface area contributed by atoms with Crippen molar-refractivity contribution in [2.75, 3.05) is 20.7 Å². The number of nitrogens with zero attached hydrogens (tertiary/aromatic N) is 3. The number of carbonyl (C=O) groups is 3. The molecule has 1 unspecified atom stereocenters. The van der Waals surface area contributed by atoms with Crippen molar-refractivity contribution in [1.82, 2.24) is 15.1 Å². The zero-order valence-corrected chi connectivity index (χ0v) is 13.7. The molecule has 0 N–H and O–H groups in total. The molecule has 2 aliphatic rings. The molecular formula is C14H23N3O5. The number of ether oxygens (including phenoxy) is 1. The first kappa shape index (κ1) is 16.5. The predicted octanol–water partition coefficient (Wildman–Crippen LogP) is 0.779. The van der Waals surface area contributed by atoms with E-state index in [1.54, 1.807) is 32.7 Å². The number of amides is 3. The van der Waals surface area contributed by atoms with Crippen molar-refractivity contribution in [3.05, 3.63) is 0 Å². The number of hydroxylamine groups is 1. The van der Waals surface area contributed by atoms with Crippen molar-refractivity contribution in [2.45, 2.75) is 45.3 Å². The molecule has 0 aromatic rings. The van der Waals surface area contributed by atoms with Crippen LogP contribution in [0.4, 0.5) is 4.79 Å². The van der Waals surface area contributed by atoms with Gasteiger partial charge in [0.2, 0.25) is 5.91 Å². The Balaban J connectivity index is 2.07. The van der Waals surface area contributed by atoms with Crippen LogP contribution in [0.2, 0.25) is 0 Å². The lowest BCUT2D eigenvalue weighted by molar-refractivity contribution is -0.298. The van der Waals surface area contributed by atoms with Gasteiger partial charge in [0.05, 0.1) is 7.11 Å². The molecule has 0 spiro atoms. The third kappa shape index (κ3) is 3.01. The quantitative estimate of drug-likeness (QED) is 0.769. The molecule has 2 heterocycles. The summed E-state index contributed by atoms with van der Waals surface area (Å²) in [6, 6.07) is -0.713. The molecule has 0 radical (unpaired) electrons. The molecule has 2 atom stereocenters. The van der Waals surface area contributed by atoms with Gasteiger partial charge in [-0.05, 0) is 33.6 Å². The molecule has 0 saturated carbocycles. The van der Waals surface area contributed by atoms with Gasteiger partial charge in [0, 0.05) is 19.5 Å². The molecule has 124 valence electrons. The van der Waals surface area contributed by atoms with Crippen LogP contribution in [0.1, 0.15) is 33.6 Å². The molecule has 2 saturated heterocycles. The van der Waals surface area contributed by atoms with Gasteiger partial charge in [0.1, 0.15) is 11.6 Å². The van der Waals surface area contributed by atoms with Gasteiger partial charge >= 0.3 is 6.09 Å². The molecule has 8 heteroatoms. The van der Waals surface area contributed by atoms with Crippen LogP contribution in [-0.4, -0.2) is 65.3 Å². The van der Waals surface area contributed by atoms with Crippen LogP contribution >= 0.6 is 0 Å². The van der Waals surface area contributed by atoms with E-state index in [1.807, 2.05) is 0 Å². The number of hydrazine groups is 1. The second-order valence-corrected chi connectivity index (χ2v) is 6.62. The minimum atomic E-state index is -0.713. The molecule has 0 aromatic heterocycles. The van der Waals surface area contributed by atoms with E-state index < -0.39 is 17.7 Å². The molecule has 22 heavy (non-hydrogen) atoms. The predicted molar refractivity (Wildman–Crippen MR) is 76.1 cm³/mol. The summed E-state index contributed by atoms with van der Waals surface area (Å²) in [7, 11) is 3.04. The number of hydrogen-bond acceptors (Lipinski definition) is 5. The monoisotopic (exact) mass is 313 g/mol. The minimum Gasteiger partial charge on any atom is -0.442 e. The van der Waals surface area contributed by atoms with Gasteiger partial charge in [-0.3, -0.25) is 14.4 Å². The summed E-state index contributed by atoms with van der Waals surface area (Å²) < 4.78 is 5.28. The van der Waals surface area contributed by atoms with Crippen molar-refractivity contribution in [2.24, 2.45) is 5.92 Å². The summed E-state index contributed by atoms with van der Waals surface area (Å²) in [6.45, 7) is 5.90. The number of carbonyl (C=O) groups excluding carboxylic acids is 3. The van der Waals surface area contributed by atoms with Gasteiger partial charge in [0.25, 0.3) is 5.91 Å². The smallest absolute Gasteiger partial charge is 0.432 e. The SMILES string of the molecule is CON1C(=O)[C@H](CC2CCN(C)C2=O)N1C(=O)OC(C)(C)C. The molecule has 0 aliphatic carbocycles. The van der Waals surface area contributed by atoms with E-state index in [-0.39, 0.29) is 17.7 Å². The molecule has 0 aromatic carbocycles. The lowest BCUT2D eigenvalue weighted by atomic mass is 9.95. The molecule has 2 aliphatic heterocycles. The highest BCUT2D eigenvalue weighted by Crippen LogP contribution is 2.31. The van der Waals surface area contributed by atoms with Gasteiger partial charge in [-0.25, -0.2) is 4.79 Å². The summed E-state index contributed by atoms with van der Waals surface area (Å²) in [5.41, 5.74) is -0.678. The summed E-state index contributed by atoms with van der Waals surface area (Å²) in [5, 5.41) is 2.01. The maximum atomic E-state index is 12.2. The second kappa shape index (κ2) is 5.75. The van der Waals surface area contributed by atoms with E-state index in [1.165, 1.54) is 7.11 Å². The Morgan fingerprint density at radius 1 is 1.27 bits per heavy atom. The lowest BCUT2D eigenvalue weighted by Crippen LogP contribution is -2.70. The van der Waals surface area contributed by atoms with Gasteiger partial charge in [0.15, 0.2) is 0 Å². The zero-order chi connectivity index (χ0) is 16.7. The number of likely N-dealkylation sites (tertiary alicyclic amines) is 1. The zero-order valence-electron chi connectivity index (χ0n) is 13.7. The standard InChI is InChI=1S/C14H23N3O5/c1-14(2,3)22-13(20)16-10(12(19)17(16)21-5)8-9-6-7-15(4)11(9)18/h9-10H,6-8H2,1-5H3/t9?,10-/m0/s1. The third-order valence-corrected chi connectivity index (χ3v) is 3.76. The topological polar surface area (TPSA) is 79.4 Å². The number of hydrogen-bond donors (Lipinski definition) is 0. The van der Waals surface area contributed by atoms with E-state index in [4.69, 9.17) is 9.57 Å².